The molecule has 2 amide bonds. The summed E-state index contributed by atoms with van der Waals surface area (Å²) in [5.74, 6) is -0.358. The lowest BCUT2D eigenvalue weighted by Gasteiger charge is -2.23. The molecular weight excluding hydrogens is 376 g/mol. The van der Waals surface area contributed by atoms with Crippen LogP contribution in [0, 0.1) is 0 Å². The summed E-state index contributed by atoms with van der Waals surface area (Å²) < 4.78 is 1.18. The lowest BCUT2D eigenvalue weighted by atomic mass is 10.2. The van der Waals surface area contributed by atoms with Crippen LogP contribution in [0.5, 0.6) is 0 Å². The van der Waals surface area contributed by atoms with Crippen LogP contribution in [0.15, 0.2) is 52.7 Å². The number of fused-ring (bicyclic) bond motifs is 2. The van der Waals surface area contributed by atoms with Gasteiger partial charge in [-0.3, -0.25) is 9.59 Å². The summed E-state index contributed by atoms with van der Waals surface area (Å²) in [4.78, 5) is 25.5. The summed E-state index contributed by atoms with van der Waals surface area (Å²) in [6.07, 6.45) is 0.111. The highest BCUT2D eigenvalue weighted by molar-refractivity contribution is 8.01. The first-order chi connectivity index (χ1) is 12.1. The first-order valence-electron chi connectivity index (χ1n) is 7.63. The third-order valence-corrected chi connectivity index (χ3v) is 6.28. The number of anilines is 2. The number of hydrogen-bond acceptors (Lipinski definition) is 4. The fourth-order valence-corrected chi connectivity index (χ4v) is 4.72. The van der Waals surface area contributed by atoms with Crippen molar-refractivity contribution in [1.82, 2.24) is 0 Å². The Hall–Kier alpha value is -2.02. The average molecular weight is 389 g/mol. The van der Waals surface area contributed by atoms with Crippen LogP contribution < -0.4 is 10.6 Å². The number of carbonyl (C=O) groups excluding carboxylic acids is 2. The zero-order chi connectivity index (χ0) is 17.4. The maximum absolute atomic E-state index is 12.3. The summed E-state index contributed by atoms with van der Waals surface area (Å²) >= 11 is 8.99. The Bertz CT molecular complexity index is 986. The number of hydrogen-bond donors (Lipinski definition) is 2. The molecule has 7 heteroatoms. The molecule has 0 saturated heterocycles. The van der Waals surface area contributed by atoms with Crippen molar-refractivity contribution in [2.45, 2.75) is 16.6 Å². The van der Waals surface area contributed by atoms with Gasteiger partial charge in [0.05, 0.1) is 10.9 Å². The molecule has 1 unspecified atom stereocenters. The highest BCUT2D eigenvalue weighted by Gasteiger charge is 2.29. The van der Waals surface area contributed by atoms with Gasteiger partial charge in [-0.25, -0.2) is 0 Å². The van der Waals surface area contributed by atoms with E-state index in [2.05, 4.69) is 10.6 Å². The number of carbonyl (C=O) groups is 2. The van der Waals surface area contributed by atoms with E-state index < -0.39 is 5.25 Å². The molecule has 1 aliphatic rings. The van der Waals surface area contributed by atoms with Gasteiger partial charge in [0.1, 0.15) is 0 Å². The largest absolute Gasteiger partial charge is 0.326 e. The van der Waals surface area contributed by atoms with Crippen molar-refractivity contribution in [1.29, 1.82) is 0 Å². The zero-order valence-electron chi connectivity index (χ0n) is 12.9. The second kappa shape index (κ2) is 6.71. The zero-order valence-corrected chi connectivity index (χ0v) is 15.3. The Morgan fingerprint density at radius 3 is 2.96 bits per heavy atom. The van der Waals surface area contributed by atoms with E-state index in [9.17, 15) is 9.59 Å². The Kier molecular flexibility index (Phi) is 4.41. The number of amides is 2. The molecule has 2 aromatic carbocycles. The van der Waals surface area contributed by atoms with E-state index in [4.69, 9.17) is 11.6 Å². The maximum atomic E-state index is 12.3. The molecule has 2 heterocycles. The standard InChI is InChI=1S/C18H13ClN2O2S2/c19-11-1-3-15-13(8-11)21-18(23)16(25-15)9-17(22)20-12-2-4-14-10(7-12)5-6-24-14/h1-8,16H,9H2,(H,20,22)(H,21,23). The molecular formula is C18H13ClN2O2S2. The van der Waals surface area contributed by atoms with Gasteiger partial charge in [-0.05, 0) is 53.2 Å². The van der Waals surface area contributed by atoms with Gasteiger partial charge in [0, 0.05) is 26.7 Å². The number of halogens is 1. The van der Waals surface area contributed by atoms with Crippen molar-refractivity contribution in [3.8, 4) is 0 Å². The van der Waals surface area contributed by atoms with Crippen LogP contribution in [0.4, 0.5) is 11.4 Å². The van der Waals surface area contributed by atoms with E-state index in [1.54, 1.807) is 23.5 Å². The van der Waals surface area contributed by atoms with Gasteiger partial charge < -0.3 is 10.6 Å². The number of thiophene rings is 1. The van der Waals surface area contributed by atoms with Gasteiger partial charge in [0.2, 0.25) is 11.8 Å². The van der Waals surface area contributed by atoms with Crippen LogP contribution in [0.1, 0.15) is 6.42 Å². The monoisotopic (exact) mass is 388 g/mol. The van der Waals surface area contributed by atoms with Crippen LogP contribution in [0.3, 0.4) is 0 Å². The maximum Gasteiger partial charge on any atom is 0.238 e. The van der Waals surface area contributed by atoms with Gasteiger partial charge in [-0.1, -0.05) is 11.6 Å². The fourth-order valence-electron chi connectivity index (χ4n) is 2.68. The van der Waals surface area contributed by atoms with Crippen molar-refractivity contribution in [3.63, 3.8) is 0 Å². The SMILES string of the molecule is O=C(CC1Sc2ccc(Cl)cc2NC1=O)Nc1ccc2sccc2c1. The van der Waals surface area contributed by atoms with Gasteiger partial charge in [-0.2, -0.15) is 0 Å². The van der Waals surface area contributed by atoms with Crippen molar-refractivity contribution in [3.05, 3.63) is 52.9 Å². The van der Waals surface area contributed by atoms with E-state index in [0.717, 1.165) is 16.0 Å². The Balaban J connectivity index is 1.45. The highest BCUT2D eigenvalue weighted by atomic mass is 35.5. The van der Waals surface area contributed by atoms with E-state index in [0.29, 0.717) is 10.7 Å². The molecule has 3 aromatic rings. The second-order valence-corrected chi connectivity index (χ2v) is 8.29. The molecule has 2 N–H and O–H groups in total. The minimum Gasteiger partial charge on any atom is -0.326 e. The van der Waals surface area contributed by atoms with E-state index in [1.165, 1.54) is 16.5 Å². The molecule has 4 rings (SSSR count). The Labute approximate surface area is 157 Å². The molecule has 1 aliphatic heterocycles. The average Bonchev–Trinajstić information content (AvgIpc) is 3.03. The molecule has 1 aromatic heterocycles. The number of rotatable bonds is 3. The molecule has 25 heavy (non-hydrogen) atoms. The summed E-state index contributed by atoms with van der Waals surface area (Å²) in [6, 6.07) is 13.2. The van der Waals surface area contributed by atoms with E-state index >= 15 is 0 Å². The van der Waals surface area contributed by atoms with Gasteiger partial charge in [0.25, 0.3) is 0 Å². The summed E-state index contributed by atoms with van der Waals surface area (Å²) in [5.41, 5.74) is 1.44. The molecule has 0 radical (unpaired) electrons. The first kappa shape index (κ1) is 16.4. The molecule has 0 saturated carbocycles. The molecule has 1 atom stereocenters. The summed E-state index contributed by atoms with van der Waals surface area (Å²) in [5, 5.41) is 8.92. The van der Waals surface area contributed by atoms with Crippen LogP contribution in [0.25, 0.3) is 10.1 Å². The van der Waals surface area contributed by atoms with Crippen LogP contribution in [0.2, 0.25) is 5.02 Å². The topological polar surface area (TPSA) is 58.2 Å². The van der Waals surface area contributed by atoms with Crippen LogP contribution in [-0.2, 0) is 9.59 Å². The van der Waals surface area contributed by atoms with Gasteiger partial charge in [-0.15, -0.1) is 23.1 Å². The predicted octanol–water partition coefficient (Wildman–Crippen LogP) is 5.00. The Morgan fingerprint density at radius 1 is 1.20 bits per heavy atom. The minimum absolute atomic E-state index is 0.111. The number of thioether (sulfide) groups is 1. The summed E-state index contributed by atoms with van der Waals surface area (Å²) in [6.45, 7) is 0. The summed E-state index contributed by atoms with van der Waals surface area (Å²) in [7, 11) is 0. The normalized spacial score (nSPS) is 16.4. The molecule has 0 aliphatic carbocycles. The molecule has 0 bridgehead atoms. The smallest absolute Gasteiger partial charge is 0.238 e. The predicted molar refractivity (Wildman–Crippen MR) is 105 cm³/mol. The minimum atomic E-state index is -0.460. The second-order valence-electron chi connectivity index (χ2n) is 5.66. The van der Waals surface area contributed by atoms with Crippen molar-refractivity contribution in [2.24, 2.45) is 0 Å². The number of nitrogens with one attached hydrogen (secondary N) is 2. The third kappa shape index (κ3) is 3.51. The molecule has 126 valence electrons. The van der Waals surface area contributed by atoms with E-state index in [-0.39, 0.29) is 18.2 Å². The quantitative estimate of drug-likeness (QED) is 0.664. The third-order valence-electron chi connectivity index (χ3n) is 3.87. The van der Waals surface area contributed by atoms with Gasteiger partial charge in [0.15, 0.2) is 0 Å². The number of benzene rings is 2. The van der Waals surface area contributed by atoms with E-state index in [1.807, 2.05) is 35.7 Å². The lowest BCUT2D eigenvalue weighted by molar-refractivity contribution is -0.120. The van der Waals surface area contributed by atoms with Gasteiger partial charge >= 0.3 is 0 Å². The highest BCUT2D eigenvalue weighted by Crippen LogP contribution is 2.38. The van der Waals surface area contributed by atoms with Crippen molar-refractivity contribution < 1.29 is 9.59 Å². The van der Waals surface area contributed by atoms with Crippen LogP contribution in [-0.4, -0.2) is 17.1 Å². The van der Waals surface area contributed by atoms with Crippen molar-refractivity contribution >= 4 is 68.0 Å². The lowest BCUT2D eigenvalue weighted by Crippen LogP contribution is -2.32. The Morgan fingerprint density at radius 2 is 2.08 bits per heavy atom. The molecule has 4 nitrogen and oxygen atoms in total. The molecule has 0 spiro atoms. The first-order valence-corrected chi connectivity index (χ1v) is 9.76. The van der Waals surface area contributed by atoms with Crippen molar-refractivity contribution in [2.75, 3.05) is 10.6 Å². The van der Waals surface area contributed by atoms with Crippen LogP contribution >= 0.6 is 34.7 Å². The fraction of sp³-hybridized carbons (Fsp3) is 0.111. The molecule has 0 fully saturated rings.